The lowest BCUT2D eigenvalue weighted by Crippen LogP contribution is -2.43. The summed E-state index contributed by atoms with van der Waals surface area (Å²) in [6.07, 6.45) is -5.49. The van der Waals surface area contributed by atoms with Gasteiger partial charge in [0.05, 0.1) is 6.42 Å². The lowest BCUT2D eigenvalue weighted by atomic mass is 10.1. The van der Waals surface area contributed by atoms with Gasteiger partial charge in [-0.2, -0.15) is 13.2 Å². The van der Waals surface area contributed by atoms with Crippen molar-refractivity contribution in [3.8, 4) is 0 Å². The van der Waals surface area contributed by atoms with Gasteiger partial charge in [-0.05, 0) is 13.8 Å². The van der Waals surface area contributed by atoms with E-state index in [9.17, 15) is 22.8 Å². The van der Waals surface area contributed by atoms with E-state index in [2.05, 4.69) is 11.3 Å². The summed E-state index contributed by atoms with van der Waals surface area (Å²) in [5.74, 6) is -2.74. The molecule has 7 heteroatoms. The van der Waals surface area contributed by atoms with Gasteiger partial charge in [-0.3, -0.25) is 4.79 Å². The van der Waals surface area contributed by atoms with Crippen molar-refractivity contribution < 1.29 is 32.6 Å². The third-order valence-electron chi connectivity index (χ3n) is 1.68. The number of carbonyl (C=O) groups excluding carboxylic acids is 1. The molecule has 0 atom stereocenters. The van der Waals surface area contributed by atoms with Crippen LogP contribution in [-0.4, -0.2) is 28.8 Å². The molecular formula is C9H11F3O4. The van der Waals surface area contributed by atoms with Crippen LogP contribution in [0.4, 0.5) is 13.2 Å². The minimum Gasteiger partial charge on any atom is -0.481 e. The van der Waals surface area contributed by atoms with Crippen molar-refractivity contribution in [1.29, 1.82) is 0 Å². The highest BCUT2D eigenvalue weighted by molar-refractivity contribution is 5.93. The first-order chi connectivity index (χ1) is 6.97. The van der Waals surface area contributed by atoms with Crippen molar-refractivity contribution in [1.82, 2.24) is 0 Å². The molecule has 0 fully saturated rings. The maximum Gasteiger partial charge on any atom is 0.427 e. The van der Waals surface area contributed by atoms with Gasteiger partial charge in [0.15, 0.2) is 0 Å². The van der Waals surface area contributed by atoms with Crippen LogP contribution in [0.25, 0.3) is 0 Å². The minimum atomic E-state index is -4.73. The predicted molar refractivity (Wildman–Crippen MR) is 47.6 cm³/mol. The van der Waals surface area contributed by atoms with Gasteiger partial charge in [0.1, 0.15) is 0 Å². The molecule has 0 saturated heterocycles. The van der Waals surface area contributed by atoms with Crippen LogP contribution in [0.1, 0.15) is 20.3 Å². The van der Waals surface area contributed by atoms with Gasteiger partial charge >= 0.3 is 18.1 Å². The van der Waals surface area contributed by atoms with Crippen LogP contribution in [0.3, 0.4) is 0 Å². The van der Waals surface area contributed by atoms with Crippen LogP contribution in [0.15, 0.2) is 12.2 Å². The molecule has 0 aliphatic carbocycles. The van der Waals surface area contributed by atoms with Gasteiger partial charge in [-0.1, -0.05) is 6.58 Å². The van der Waals surface area contributed by atoms with E-state index in [1.165, 1.54) is 0 Å². The van der Waals surface area contributed by atoms with Gasteiger partial charge in [-0.15, -0.1) is 0 Å². The number of rotatable bonds is 4. The Morgan fingerprint density at radius 2 is 1.75 bits per heavy atom. The molecule has 0 rings (SSSR count). The summed E-state index contributed by atoms with van der Waals surface area (Å²) in [6, 6.07) is 0. The van der Waals surface area contributed by atoms with Gasteiger partial charge < -0.3 is 9.84 Å². The highest BCUT2D eigenvalue weighted by Crippen LogP contribution is 2.33. The molecule has 0 aliphatic rings. The predicted octanol–water partition coefficient (Wildman–Crippen LogP) is 1.90. The van der Waals surface area contributed by atoms with E-state index in [-0.39, 0.29) is 0 Å². The molecule has 4 nitrogen and oxygen atoms in total. The van der Waals surface area contributed by atoms with E-state index in [4.69, 9.17) is 5.11 Å². The molecule has 1 N–H and O–H groups in total. The van der Waals surface area contributed by atoms with Gasteiger partial charge in [-0.25, -0.2) is 4.79 Å². The largest absolute Gasteiger partial charge is 0.481 e. The quantitative estimate of drug-likeness (QED) is 0.602. The van der Waals surface area contributed by atoms with E-state index >= 15 is 0 Å². The average Bonchev–Trinajstić information content (AvgIpc) is 1.99. The van der Waals surface area contributed by atoms with Crippen LogP contribution < -0.4 is 0 Å². The number of esters is 1. The first kappa shape index (κ1) is 14.5. The van der Waals surface area contributed by atoms with E-state index in [1.54, 1.807) is 0 Å². The van der Waals surface area contributed by atoms with Gasteiger partial charge in [0, 0.05) is 5.57 Å². The molecule has 0 amide bonds. The van der Waals surface area contributed by atoms with Crippen molar-refractivity contribution in [3.05, 3.63) is 12.2 Å². The first-order valence-electron chi connectivity index (χ1n) is 4.17. The molecule has 92 valence electrons. The molecule has 0 saturated carbocycles. The number of halogens is 3. The van der Waals surface area contributed by atoms with E-state index < -0.39 is 35.7 Å². The number of carboxylic acid groups (broad SMARTS) is 1. The summed E-state index contributed by atoms with van der Waals surface area (Å²) < 4.78 is 41.0. The maximum absolute atomic E-state index is 12.3. The van der Waals surface area contributed by atoms with Crippen molar-refractivity contribution in [2.45, 2.75) is 32.0 Å². The fraction of sp³-hybridized carbons (Fsp3) is 0.556. The molecule has 0 aromatic carbocycles. The van der Waals surface area contributed by atoms with Crippen molar-refractivity contribution in [3.63, 3.8) is 0 Å². The zero-order valence-electron chi connectivity index (χ0n) is 8.72. The molecule has 0 aliphatic heterocycles. The van der Waals surface area contributed by atoms with E-state index in [0.29, 0.717) is 13.8 Å². The molecule has 0 spiro atoms. The summed E-state index contributed by atoms with van der Waals surface area (Å²) in [5, 5.41) is 8.30. The second-order valence-electron chi connectivity index (χ2n) is 3.57. The maximum atomic E-state index is 12.3. The normalized spacial score (nSPS) is 12.1. The van der Waals surface area contributed by atoms with E-state index in [0.717, 1.165) is 0 Å². The average molecular weight is 240 g/mol. The Morgan fingerprint density at radius 1 is 1.31 bits per heavy atom. The number of hydrogen-bond donors (Lipinski definition) is 1. The van der Waals surface area contributed by atoms with Crippen molar-refractivity contribution in [2.75, 3.05) is 0 Å². The molecule has 0 unspecified atom stereocenters. The number of hydrogen-bond acceptors (Lipinski definition) is 3. The van der Waals surface area contributed by atoms with Crippen molar-refractivity contribution >= 4 is 11.9 Å². The van der Waals surface area contributed by atoms with Gasteiger partial charge in [0.2, 0.25) is 5.60 Å². The molecular weight excluding hydrogens is 229 g/mol. The topological polar surface area (TPSA) is 63.6 Å². The Labute approximate surface area is 89.7 Å². The Kier molecular flexibility index (Phi) is 4.11. The number of ether oxygens (including phenoxy) is 1. The molecule has 0 aromatic heterocycles. The SMILES string of the molecule is C=C(CC(=O)O)C(=O)OC(C)(C)C(F)(F)F. The van der Waals surface area contributed by atoms with E-state index in [1.807, 2.05) is 0 Å². The number of carbonyl (C=O) groups is 2. The lowest BCUT2D eigenvalue weighted by Gasteiger charge is -2.27. The zero-order valence-corrected chi connectivity index (χ0v) is 8.72. The fourth-order valence-corrected chi connectivity index (χ4v) is 0.616. The van der Waals surface area contributed by atoms with Crippen LogP contribution in [0.5, 0.6) is 0 Å². The Morgan fingerprint density at radius 3 is 2.06 bits per heavy atom. The minimum absolute atomic E-state index is 0.537. The lowest BCUT2D eigenvalue weighted by molar-refractivity contribution is -0.255. The third kappa shape index (κ3) is 3.92. The summed E-state index contributed by atoms with van der Waals surface area (Å²) >= 11 is 0. The Bertz CT molecular complexity index is 317. The summed E-state index contributed by atoms with van der Waals surface area (Å²) in [7, 11) is 0. The van der Waals surface area contributed by atoms with Crippen LogP contribution in [-0.2, 0) is 14.3 Å². The summed E-state index contributed by atoms with van der Waals surface area (Å²) in [6.45, 7) is 4.37. The standard InChI is InChI=1S/C9H11F3O4/c1-5(4-6(13)14)7(15)16-8(2,3)9(10,11)12/h1,4H2,2-3H3,(H,13,14). The second-order valence-corrected chi connectivity index (χ2v) is 3.57. The Balaban J connectivity index is 4.58. The highest BCUT2D eigenvalue weighted by atomic mass is 19.4. The molecule has 0 heterocycles. The smallest absolute Gasteiger partial charge is 0.427 e. The zero-order chi connectivity index (χ0) is 13.1. The summed E-state index contributed by atoms with van der Waals surface area (Å²) in [5.41, 5.74) is -3.21. The highest BCUT2D eigenvalue weighted by Gasteiger charge is 2.51. The fourth-order valence-electron chi connectivity index (χ4n) is 0.616. The Hall–Kier alpha value is -1.53. The monoisotopic (exact) mass is 240 g/mol. The molecule has 0 bridgehead atoms. The number of aliphatic carboxylic acids is 1. The molecule has 0 aromatic rings. The molecule has 0 radical (unpaired) electrons. The number of alkyl halides is 3. The molecule has 16 heavy (non-hydrogen) atoms. The van der Waals surface area contributed by atoms with Crippen molar-refractivity contribution in [2.24, 2.45) is 0 Å². The third-order valence-corrected chi connectivity index (χ3v) is 1.68. The van der Waals surface area contributed by atoms with Crippen LogP contribution in [0, 0.1) is 0 Å². The van der Waals surface area contributed by atoms with Crippen LogP contribution >= 0.6 is 0 Å². The second kappa shape index (κ2) is 4.54. The first-order valence-corrected chi connectivity index (χ1v) is 4.17. The van der Waals surface area contributed by atoms with Crippen LogP contribution in [0.2, 0.25) is 0 Å². The number of carboxylic acids is 1. The van der Waals surface area contributed by atoms with Gasteiger partial charge in [0.25, 0.3) is 0 Å². The summed E-state index contributed by atoms with van der Waals surface area (Å²) in [4.78, 5) is 21.2.